The van der Waals surface area contributed by atoms with Crippen LogP contribution in [-0.2, 0) is 9.53 Å². The van der Waals surface area contributed by atoms with Crippen LogP contribution in [0.15, 0.2) is 30.3 Å². The Hall–Kier alpha value is -2.05. The molecule has 1 aliphatic heterocycles. The van der Waals surface area contributed by atoms with Crippen LogP contribution in [-0.4, -0.2) is 36.2 Å². The Morgan fingerprint density at radius 2 is 2.14 bits per heavy atom. The molecule has 1 aromatic rings. The second-order valence-electron chi connectivity index (χ2n) is 5.08. The Bertz CT molecular complexity index is 563. The monoisotopic (exact) mass is 306 g/mol. The molecule has 0 bridgehead atoms. The molecule has 1 saturated heterocycles. The van der Waals surface area contributed by atoms with Crippen molar-refractivity contribution in [1.82, 2.24) is 5.32 Å². The van der Waals surface area contributed by atoms with Crippen molar-refractivity contribution < 1.29 is 19.0 Å². The largest absolute Gasteiger partial charge is 0.390 e. The zero-order valence-electron chi connectivity index (χ0n) is 12.1. The molecule has 0 saturated carbocycles. The van der Waals surface area contributed by atoms with Crippen molar-refractivity contribution in [3.8, 4) is 0 Å². The van der Waals surface area contributed by atoms with Crippen molar-refractivity contribution in [3.05, 3.63) is 41.7 Å². The summed E-state index contributed by atoms with van der Waals surface area (Å²) in [5.41, 5.74) is 0.583. The third kappa shape index (κ3) is 4.47. The van der Waals surface area contributed by atoms with Gasteiger partial charge in [-0.1, -0.05) is 12.1 Å². The highest BCUT2D eigenvalue weighted by molar-refractivity contribution is 6.24. The number of rotatable bonds is 5. The zero-order chi connectivity index (χ0) is 15.9. The van der Waals surface area contributed by atoms with Gasteiger partial charge in [0.1, 0.15) is 12.0 Å². The molecule has 118 valence electrons. The van der Waals surface area contributed by atoms with Gasteiger partial charge in [0.15, 0.2) is 0 Å². The summed E-state index contributed by atoms with van der Waals surface area (Å²) in [6.45, 7) is 0.130. The van der Waals surface area contributed by atoms with Gasteiger partial charge < -0.3 is 20.6 Å². The van der Waals surface area contributed by atoms with Crippen LogP contribution in [0.3, 0.4) is 0 Å². The Kier molecular flexibility index (Phi) is 5.80. The van der Waals surface area contributed by atoms with Crippen molar-refractivity contribution >= 4 is 17.2 Å². The van der Waals surface area contributed by atoms with Crippen LogP contribution in [0.4, 0.5) is 4.39 Å². The average molecular weight is 306 g/mol. The maximum atomic E-state index is 13.0. The molecule has 1 aromatic carbocycles. The van der Waals surface area contributed by atoms with Crippen LogP contribution >= 0.6 is 0 Å². The SMILES string of the molecule is N=C(/C=C(\C(=O)NC1CCCCO1)c1ccc(F)cc1)CO. The molecular weight excluding hydrogens is 287 g/mol. The second kappa shape index (κ2) is 7.82. The maximum absolute atomic E-state index is 13.0. The first-order valence-corrected chi connectivity index (χ1v) is 7.18. The van der Waals surface area contributed by atoms with Crippen LogP contribution in [0, 0.1) is 11.2 Å². The van der Waals surface area contributed by atoms with E-state index in [1.807, 2.05) is 0 Å². The first-order chi connectivity index (χ1) is 10.6. The molecule has 1 unspecified atom stereocenters. The first kappa shape index (κ1) is 16.3. The van der Waals surface area contributed by atoms with E-state index in [0.717, 1.165) is 19.3 Å². The molecule has 1 heterocycles. The molecule has 6 heteroatoms. The van der Waals surface area contributed by atoms with Crippen molar-refractivity contribution in [2.45, 2.75) is 25.5 Å². The Labute approximate surface area is 128 Å². The van der Waals surface area contributed by atoms with Gasteiger partial charge in [-0.3, -0.25) is 4.79 Å². The lowest BCUT2D eigenvalue weighted by molar-refractivity contribution is -0.121. The molecule has 0 radical (unpaired) electrons. The highest BCUT2D eigenvalue weighted by atomic mass is 19.1. The summed E-state index contributed by atoms with van der Waals surface area (Å²) in [7, 11) is 0. The summed E-state index contributed by atoms with van der Waals surface area (Å²) >= 11 is 0. The molecule has 0 aromatic heterocycles. The standard InChI is InChI=1S/C16H19FN2O3/c17-12-6-4-11(5-7-12)14(9-13(18)10-20)16(21)19-15-3-1-2-8-22-15/h4-7,9,15,18,20H,1-3,8,10H2,(H,19,21)/b14-9-,18-13?. The molecule has 1 atom stereocenters. The molecular formula is C16H19FN2O3. The molecule has 0 spiro atoms. The summed E-state index contributed by atoms with van der Waals surface area (Å²) in [4.78, 5) is 12.4. The molecule has 1 amide bonds. The number of ether oxygens (including phenoxy) is 1. The van der Waals surface area contributed by atoms with Gasteiger partial charge >= 0.3 is 0 Å². The smallest absolute Gasteiger partial charge is 0.253 e. The van der Waals surface area contributed by atoms with Crippen molar-refractivity contribution in [1.29, 1.82) is 5.41 Å². The normalized spacial score (nSPS) is 18.8. The fourth-order valence-electron chi connectivity index (χ4n) is 2.21. The number of hydrogen-bond acceptors (Lipinski definition) is 4. The fourth-order valence-corrected chi connectivity index (χ4v) is 2.21. The van der Waals surface area contributed by atoms with Gasteiger partial charge in [-0.25, -0.2) is 4.39 Å². The minimum absolute atomic E-state index is 0.0981. The van der Waals surface area contributed by atoms with Gasteiger partial charge in [-0.05, 0) is 43.0 Å². The van der Waals surface area contributed by atoms with Gasteiger partial charge in [0.25, 0.3) is 5.91 Å². The van der Waals surface area contributed by atoms with E-state index in [2.05, 4.69) is 5.32 Å². The van der Waals surface area contributed by atoms with Gasteiger partial charge in [0.2, 0.25) is 0 Å². The van der Waals surface area contributed by atoms with Gasteiger partial charge in [-0.15, -0.1) is 0 Å². The molecule has 3 N–H and O–H groups in total. The van der Waals surface area contributed by atoms with Crippen LogP contribution in [0.25, 0.3) is 5.57 Å². The van der Waals surface area contributed by atoms with E-state index in [-0.39, 0.29) is 17.5 Å². The molecule has 2 rings (SSSR count). The van der Waals surface area contributed by atoms with Crippen LogP contribution in [0.2, 0.25) is 0 Å². The molecule has 5 nitrogen and oxygen atoms in total. The van der Waals surface area contributed by atoms with E-state index in [1.165, 1.54) is 30.3 Å². The summed E-state index contributed by atoms with van der Waals surface area (Å²) in [5.74, 6) is -0.812. The first-order valence-electron chi connectivity index (χ1n) is 7.18. The lowest BCUT2D eigenvalue weighted by atomic mass is 10.0. The van der Waals surface area contributed by atoms with E-state index in [1.54, 1.807) is 0 Å². The van der Waals surface area contributed by atoms with E-state index in [4.69, 9.17) is 15.3 Å². The minimum Gasteiger partial charge on any atom is -0.390 e. The maximum Gasteiger partial charge on any atom is 0.253 e. The van der Waals surface area contributed by atoms with Crippen LogP contribution in [0.5, 0.6) is 0 Å². The predicted octanol–water partition coefficient (Wildman–Crippen LogP) is 1.86. The number of carbonyl (C=O) groups excluding carboxylic acids is 1. The number of aliphatic hydroxyl groups excluding tert-OH is 1. The minimum atomic E-state index is -0.474. The lowest BCUT2D eigenvalue weighted by Crippen LogP contribution is -2.39. The predicted molar refractivity (Wildman–Crippen MR) is 80.9 cm³/mol. The topological polar surface area (TPSA) is 82.4 Å². The Balaban J connectivity index is 2.19. The molecule has 1 fully saturated rings. The fraction of sp³-hybridized carbons (Fsp3) is 0.375. The van der Waals surface area contributed by atoms with E-state index in [0.29, 0.717) is 12.2 Å². The molecule has 0 aliphatic carbocycles. The van der Waals surface area contributed by atoms with E-state index < -0.39 is 18.3 Å². The number of aliphatic hydroxyl groups is 1. The zero-order valence-corrected chi connectivity index (χ0v) is 12.1. The lowest BCUT2D eigenvalue weighted by Gasteiger charge is -2.24. The van der Waals surface area contributed by atoms with Crippen molar-refractivity contribution in [2.75, 3.05) is 13.2 Å². The average Bonchev–Trinajstić information content (AvgIpc) is 2.54. The summed E-state index contributed by atoms with van der Waals surface area (Å²) in [6, 6.07) is 5.42. The second-order valence-corrected chi connectivity index (χ2v) is 5.08. The van der Waals surface area contributed by atoms with Gasteiger partial charge in [0, 0.05) is 12.2 Å². The van der Waals surface area contributed by atoms with Crippen molar-refractivity contribution in [3.63, 3.8) is 0 Å². The number of benzene rings is 1. The molecule has 1 aliphatic rings. The van der Waals surface area contributed by atoms with E-state index in [9.17, 15) is 9.18 Å². The Morgan fingerprint density at radius 1 is 1.41 bits per heavy atom. The van der Waals surface area contributed by atoms with Crippen LogP contribution in [0.1, 0.15) is 24.8 Å². The van der Waals surface area contributed by atoms with Crippen molar-refractivity contribution in [2.24, 2.45) is 0 Å². The third-order valence-electron chi connectivity index (χ3n) is 3.36. The number of hydrogen-bond donors (Lipinski definition) is 3. The number of amides is 1. The summed E-state index contributed by atoms with van der Waals surface area (Å²) in [6.07, 6.45) is 3.62. The van der Waals surface area contributed by atoms with Crippen LogP contribution < -0.4 is 5.32 Å². The highest BCUT2D eigenvalue weighted by Crippen LogP contribution is 2.17. The quantitative estimate of drug-likeness (QED) is 0.573. The molecule has 22 heavy (non-hydrogen) atoms. The Morgan fingerprint density at radius 3 is 2.73 bits per heavy atom. The third-order valence-corrected chi connectivity index (χ3v) is 3.36. The van der Waals surface area contributed by atoms with Gasteiger partial charge in [-0.2, -0.15) is 0 Å². The van der Waals surface area contributed by atoms with E-state index >= 15 is 0 Å². The highest BCUT2D eigenvalue weighted by Gasteiger charge is 2.20. The number of nitrogens with one attached hydrogen (secondary N) is 2. The number of carbonyl (C=O) groups is 1. The number of halogens is 1. The summed E-state index contributed by atoms with van der Waals surface area (Å²) in [5, 5.41) is 19.3. The van der Waals surface area contributed by atoms with Gasteiger partial charge in [0.05, 0.1) is 12.3 Å². The summed E-state index contributed by atoms with van der Waals surface area (Å²) < 4.78 is 18.5.